The highest BCUT2D eigenvalue weighted by atomic mass is 16.5. The number of hydrogen-bond donors (Lipinski definition) is 3. The summed E-state index contributed by atoms with van der Waals surface area (Å²) < 4.78 is 5.48. The molecule has 0 spiro atoms. The number of allylic oxidation sites excluding steroid dienone is 1. The van der Waals surface area contributed by atoms with Crippen molar-refractivity contribution in [3.05, 3.63) is 12.2 Å². The van der Waals surface area contributed by atoms with Crippen LogP contribution in [0, 0.1) is 0 Å². The number of carbonyl (C=O) groups is 2. The standard InChI is InChI=1S/C59H115NO5/c1-3-5-7-9-11-13-15-17-27-31-35-39-43-47-51-57(62)56(55-61)60-58(63)52-48-44-40-36-32-28-25-23-21-19-20-22-24-26-30-34-38-42-46-50-54-65-59(64)53-49-45-41-37-33-29-18-16-14-12-10-8-6-4-2/h47,51,56-57,61-62H,3-46,48-50,52-55H2,1-2H3,(H,60,63)/b51-47+. The minimum atomic E-state index is -0.844. The molecule has 0 saturated carbocycles. The lowest BCUT2D eigenvalue weighted by Crippen LogP contribution is -2.45. The van der Waals surface area contributed by atoms with E-state index < -0.39 is 12.1 Å². The van der Waals surface area contributed by atoms with Crippen molar-refractivity contribution in [3.63, 3.8) is 0 Å². The largest absolute Gasteiger partial charge is 0.466 e. The first-order valence-corrected chi connectivity index (χ1v) is 29.5. The molecule has 0 fully saturated rings. The minimum Gasteiger partial charge on any atom is -0.466 e. The molecule has 6 heteroatoms. The number of nitrogens with one attached hydrogen (secondary N) is 1. The number of amides is 1. The van der Waals surface area contributed by atoms with Crippen LogP contribution in [0.15, 0.2) is 12.2 Å². The van der Waals surface area contributed by atoms with Crippen molar-refractivity contribution in [2.75, 3.05) is 13.2 Å². The van der Waals surface area contributed by atoms with Gasteiger partial charge in [-0.25, -0.2) is 0 Å². The van der Waals surface area contributed by atoms with E-state index in [-0.39, 0.29) is 18.5 Å². The summed E-state index contributed by atoms with van der Waals surface area (Å²) >= 11 is 0. The van der Waals surface area contributed by atoms with Crippen LogP contribution in [-0.2, 0) is 14.3 Å². The molecule has 3 N–H and O–H groups in total. The molecule has 0 aliphatic rings. The van der Waals surface area contributed by atoms with Crippen molar-refractivity contribution in [2.45, 2.75) is 341 Å². The van der Waals surface area contributed by atoms with E-state index in [1.54, 1.807) is 6.08 Å². The zero-order chi connectivity index (χ0) is 47.2. The summed E-state index contributed by atoms with van der Waals surface area (Å²) in [6, 6.07) is -0.628. The fraction of sp³-hybridized carbons (Fsp3) is 0.932. The van der Waals surface area contributed by atoms with Crippen molar-refractivity contribution >= 4 is 11.9 Å². The Morgan fingerprint density at radius 1 is 0.415 bits per heavy atom. The quantitative estimate of drug-likeness (QED) is 0.0321. The van der Waals surface area contributed by atoms with Crippen LogP contribution in [0.1, 0.15) is 328 Å². The third-order valence-corrected chi connectivity index (χ3v) is 13.8. The second kappa shape index (κ2) is 55.2. The van der Waals surface area contributed by atoms with Gasteiger partial charge in [0.05, 0.1) is 25.4 Å². The summed E-state index contributed by atoms with van der Waals surface area (Å²) in [5, 5.41) is 23.1. The molecule has 6 nitrogen and oxygen atoms in total. The Morgan fingerprint density at radius 2 is 0.708 bits per heavy atom. The maximum Gasteiger partial charge on any atom is 0.305 e. The van der Waals surface area contributed by atoms with Gasteiger partial charge in [0.15, 0.2) is 0 Å². The molecule has 2 atom stereocenters. The monoisotopic (exact) mass is 918 g/mol. The van der Waals surface area contributed by atoms with Crippen LogP contribution in [0.3, 0.4) is 0 Å². The number of carbonyl (C=O) groups excluding carboxylic acids is 2. The zero-order valence-corrected chi connectivity index (χ0v) is 44.0. The second-order valence-corrected chi connectivity index (χ2v) is 20.3. The number of rotatable bonds is 55. The fourth-order valence-electron chi connectivity index (χ4n) is 9.28. The predicted molar refractivity (Wildman–Crippen MR) is 283 cm³/mol. The Labute approximate surface area is 406 Å². The number of hydrogen-bond acceptors (Lipinski definition) is 5. The molecular weight excluding hydrogens is 803 g/mol. The van der Waals surface area contributed by atoms with Gasteiger partial charge < -0.3 is 20.3 Å². The number of esters is 1. The van der Waals surface area contributed by atoms with Gasteiger partial charge in [0.1, 0.15) is 0 Å². The highest BCUT2D eigenvalue weighted by molar-refractivity contribution is 5.76. The first kappa shape index (κ1) is 63.6. The topological polar surface area (TPSA) is 95.9 Å². The fourth-order valence-corrected chi connectivity index (χ4v) is 9.28. The summed E-state index contributed by atoms with van der Waals surface area (Å²) in [6.07, 6.45) is 65.2. The number of aliphatic hydroxyl groups excluding tert-OH is 2. The molecule has 0 heterocycles. The molecule has 2 unspecified atom stereocenters. The van der Waals surface area contributed by atoms with Gasteiger partial charge in [0.25, 0.3) is 0 Å². The molecule has 0 rings (SSSR count). The van der Waals surface area contributed by atoms with Gasteiger partial charge in [-0.3, -0.25) is 9.59 Å². The van der Waals surface area contributed by atoms with E-state index in [2.05, 4.69) is 19.2 Å². The van der Waals surface area contributed by atoms with E-state index in [1.165, 1.54) is 263 Å². The predicted octanol–water partition coefficient (Wildman–Crippen LogP) is 18.1. The lowest BCUT2D eigenvalue weighted by Gasteiger charge is -2.20. The maximum absolute atomic E-state index is 12.4. The van der Waals surface area contributed by atoms with E-state index in [0.29, 0.717) is 19.4 Å². The average Bonchev–Trinajstić information content (AvgIpc) is 3.31. The lowest BCUT2D eigenvalue weighted by atomic mass is 10.0. The van der Waals surface area contributed by atoms with E-state index in [1.807, 2.05) is 6.08 Å². The Hall–Kier alpha value is -1.40. The summed E-state index contributed by atoms with van der Waals surface area (Å²) in [4.78, 5) is 24.5. The molecule has 0 radical (unpaired) electrons. The number of aliphatic hydroxyl groups is 2. The normalized spacial score (nSPS) is 12.6. The highest BCUT2D eigenvalue weighted by Gasteiger charge is 2.18. The summed E-state index contributed by atoms with van der Waals surface area (Å²) in [5.41, 5.74) is 0. The van der Waals surface area contributed by atoms with Crippen LogP contribution < -0.4 is 5.32 Å². The van der Waals surface area contributed by atoms with Crippen LogP contribution in [0.25, 0.3) is 0 Å². The molecule has 0 aromatic heterocycles. The maximum atomic E-state index is 12.4. The smallest absolute Gasteiger partial charge is 0.305 e. The van der Waals surface area contributed by atoms with Gasteiger partial charge in [-0.2, -0.15) is 0 Å². The minimum absolute atomic E-state index is 0.0126. The molecule has 0 aromatic carbocycles. The molecular formula is C59H115NO5. The zero-order valence-electron chi connectivity index (χ0n) is 44.0. The second-order valence-electron chi connectivity index (χ2n) is 20.3. The Bertz CT molecular complexity index is 970. The van der Waals surface area contributed by atoms with Crippen molar-refractivity contribution in [3.8, 4) is 0 Å². The Kier molecular flexibility index (Phi) is 54.0. The molecule has 0 bridgehead atoms. The van der Waals surface area contributed by atoms with Gasteiger partial charge in [-0.05, 0) is 32.1 Å². The molecule has 1 amide bonds. The van der Waals surface area contributed by atoms with E-state index >= 15 is 0 Å². The van der Waals surface area contributed by atoms with E-state index in [9.17, 15) is 19.8 Å². The summed E-state index contributed by atoms with van der Waals surface area (Å²) in [5.74, 6) is -0.0556. The van der Waals surface area contributed by atoms with Crippen LogP contribution >= 0.6 is 0 Å². The summed E-state index contributed by atoms with van der Waals surface area (Å²) in [7, 11) is 0. The van der Waals surface area contributed by atoms with Gasteiger partial charge >= 0.3 is 5.97 Å². The van der Waals surface area contributed by atoms with Gasteiger partial charge in [0, 0.05) is 12.8 Å². The Balaban J connectivity index is 3.40. The van der Waals surface area contributed by atoms with Crippen molar-refractivity contribution < 1.29 is 24.5 Å². The molecule has 0 aliphatic heterocycles. The van der Waals surface area contributed by atoms with Crippen LogP contribution in [0.5, 0.6) is 0 Å². The Morgan fingerprint density at radius 3 is 1.05 bits per heavy atom. The number of ether oxygens (including phenoxy) is 1. The summed E-state index contributed by atoms with van der Waals surface area (Å²) in [6.45, 7) is 4.92. The molecule has 65 heavy (non-hydrogen) atoms. The first-order valence-electron chi connectivity index (χ1n) is 29.5. The molecule has 0 aromatic rings. The van der Waals surface area contributed by atoms with E-state index in [0.717, 1.165) is 38.5 Å². The van der Waals surface area contributed by atoms with Crippen LogP contribution in [0.2, 0.25) is 0 Å². The van der Waals surface area contributed by atoms with Gasteiger partial charge in [0.2, 0.25) is 5.91 Å². The molecule has 386 valence electrons. The van der Waals surface area contributed by atoms with Crippen LogP contribution in [0.4, 0.5) is 0 Å². The van der Waals surface area contributed by atoms with Crippen molar-refractivity contribution in [2.24, 2.45) is 0 Å². The molecule has 0 saturated heterocycles. The third kappa shape index (κ3) is 51.8. The first-order chi connectivity index (χ1) is 32.0. The SMILES string of the molecule is CCCCCCCCCCCCCC/C=C/C(O)C(CO)NC(=O)CCCCCCCCCCCCCCCCCCCCCCOC(=O)CCCCCCCCCCCCCCCC. The van der Waals surface area contributed by atoms with Crippen molar-refractivity contribution in [1.82, 2.24) is 5.32 Å². The van der Waals surface area contributed by atoms with Gasteiger partial charge in [-0.15, -0.1) is 0 Å². The highest BCUT2D eigenvalue weighted by Crippen LogP contribution is 2.17. The third-order valence-electron chi connectivity index (χ3n) is 13.8. The number of unbranched alkanes of at least 4 members (excludes halogenated alkanes) is 44. The average molecular weight is 919 g/mol. The lowest BCUT2D eigenvalue weighted by molar-refractivity contribution is -0.143. The van der Waals surface area contributed by atoms with Crippen LogP contribution in [-0.4, -0.2) is 47.4 Å². The molecule has 0 aliphatic carbocycles. The van der Waals surface area contributed by atoms with Crippen molar-refractivity contribution in [1.29, 1.82) is 0 Å². The van der Waals surface area contributed by atoms with E-state index in [4.69, 9.17) is 4.74 Å². The van der Waals surface area contributed by atoms with Gasteiger partial charge in [-0.1, -0.05) is 296 Å².